The lowest BCUT2D eigenvalue weighted by atomic mass is 10.1. The molecule has 0 heterocycles. The van der Waals surface area contributed by atoms with Crippen LogP contribution < -0.4 is 0 Å². The zero-order chi connectivity index (χ0) is 14.1. The summed E-state index contributed by atoms with van der Waals surface area (Å²) in [4.78, 5) is 2.20. The smallest absolute Gasteiger partial charge is 0.138 e. The molecule has 0 spiro atoms. The quantitative estimate of drug-likeness (QED) is 0.810. The maximum Gasteiger partial charge on any atom is 0.138 e. The zero-order valence-electron chi connectivity index (χ0n) is 11.4. The Morgan fingerprint density at radius 2 is 2.21 bits per heavy atom. The van der Waals surface area contributed by atoms with Crippen LogP contribution in [0.1, 0.15) is 17.5 Å². The molecular formula is C15H20FNOS. The average Bonchev–Trinajstić information content (AvgIpc) is 2.40. The summed E-state index contributed by atoms with van der Waals surface area (Å²) < 4.78 is 13.6. The molecule has 0 radical (unpaired) electrons. The van der Waals surface area contributed by atoms with Crippen LogP contribution in [0.5, 0.6) is 0 Å². The van der Waals surface area contributed by atoms with Crippen molar-refractivity contribution >= 4 is 11.8 Å². The number of halogens is 1. The molecule has 0 saturated heterocycles. The summed E-state index contributed by atoms with van der Waals surface area (Å²) in [6.07, 6.45) is 2.46. The summed E-state index contributed by atoms with van der Waals surface area (Å²) in [7, 11) is 2.05. The molecule has 2 nitrogen and oxygen atoms in total. The molecule has 1 aromatic carbocycles. The van der Waals surface area contributed by atoms with E-state index in [2.05, 4.69) is 30.0 Å². The van der Waals surface area contributed by atoms with E-state index in [9.17, 15) is 4.39 Å². The monoisotopic (exact) mass is 281 g/mol. The van der Waals surface area contributed by atoms with Crippen molar-refractivity contribution in [3.05, 3.63) is 35.1 Å². The fraction of sp³-hybridized carbons (Fsp3) is 0.467. The van der Waals surface area contributed by atoms with Gasteiger partial charge in [-0.2, -0.15) is 11.8 Å². The molecule has 0 aliphatic carbocycles. The highest BCUT2D eigenvalue weighted by atomic mass is 32.2. The Balaban J connectivity index is 2.70. The van der Waals surface area contributed by atoms with E-state index in [1.54, 1.807) is 12.1 Å². The molecule has 0 amide bonds. The van der Waals surface area contributed by atoms with Crippen molar-refractivity contribution in [2.75, 3.05) is 32.2 Å². The Morgan fingerprint density at radius 1 is 1.42 bits per heavy atom. The SMILES string of the molecule is CSCCN(C)Cc1ccc(F)c(C#CCCO)c1. The highest BCUT2D eigenvalue weighted by Crippen LogP contribution is 2.11. The number of thioether (sulfide) groups is 1. The third-order valence-electron chi connectivity index (χ3n) is 2.62. The number of aliphatic hydroxyl groups excluding tert-OH is 1. The molecule has 4 heteroatoms. The van der Waals surface area contributed by atoms with Gasteiger partial charge in [0, 0.05) is 25.3 Å². The fourth-order valence-electron chi connectivity index (χ4n) is 1.62. The van der Waals surface area contributed by atoms with Gasteiger partial charge in [-0.3, -0.25) is 0 Å². The van der Waals surface area contributed by atoms with Gasteiger partial charge in [-0.1, -0.05) is 17.9 Å². The Morgan fingerprint density at radius 3 is 2.89 bits per heavy atom. The fourth-order valence-corrected chi connectivity index (χ4v) is 2.11. The first-order chi connectivity index (χ1) is 9.17. The summed E-state index contributed by atoms with van der Waals surface area (Å²) in [6.45, 7) is 1.80. The molecule has 104 valence electrons. The van der Waals surface area contributed by atoms with Crippen molar-refractivity contribution in [2.45, 2.75) is 13.0 Å². The Hall–Kier alpha value is -1.02. The predicted octanol–water partition coefficient (Wildman–Crippen LogP) is 2.35. The van der Waals surface area contributed by atoms with Gasteiger partial charge in [0.05, 0.1) is 12.2 Å². The standard InChI is InChI=1S/C15H20FNOS/c1-17(8-10-19-2)12-13-6-7-15(16)14(11-13)5-3-4-9-18/h6-7,11,18H,4,8-10,12H2,1-2H3. The number of nitrogens with zero attached hydrogens (tertiary/aromatic N) is 1. The van der Waals surface area contributed by atoms with Gasteiger partial charge >= 0.3 is 0 Å². The molecule has 0 atom stereocenters. The molecule has 19 heavy (non-hydrogen) atoms. The minimum atomic E-state index is -0.305. The van der Waals surface area contributed by atoms with E-state index in [4.69, 9.17) is 5.11 Å². The lowest BCUT2D eigenvalue weighted by molar-refractivity contribution is 0.305. The van der Waals surface area contributed by atoms with Crippen LogP contribution in [0.4, 0.5) is 4.39 Å². The van der Waals surface area contributed by atoms with Crippen molar-refractivity contribution in [1.82, 2.24) is 4.90 Å². The van der Waals surface area contributed by atoms with Crippen LogP contribution in [0.3, 0.4) is 0 Å². The first-order valence-corrected chi connectivity index (χ1v) is 7.62. The number of rotatable bonds is 6. The Kier molecular flexibility index (Phi) is 7.57. The third-order valence-corrected chi connectivity index (χ3v) is 3.21. The van der Waals surface area contributed by atoms with Crippen molar-refractivity contribution in [3.8, 4) is 11.8 Å². The molecule has 1 rings (SSSR count). The van der Waals surface area contributed by atoms with Gasteiger partial charge in [0.15, 0.2) is 0 Å². The van der Waals surface area contributed by atoms with E-state index in [0.29, 0.717) is 12.0 Å². The van der Waals surface area contributed by atoms with Gasteiger partial charge in [-0.15, -0.1) is 0 Å². The van der Waals surface area contributed by atoms with E-state index in [1.807, 2.05) is 11.8 Å². The molecule has 0 saturated carbocycles. The van der Waals surface area contributed by atoms with E-state index < -0.39 is 0 Å². The normalized spacial score (nSPS) is 10.4. The van der Waals surface area contributed by atoms with Crippen molar-refractivity contribution < 1.29 is 9.50 Å². The molecule has 0 aliphatic rings. The second-order valence-corrected chi connectivity index (χ2v) is 5.31. The van der Waals surface area contributed by atoms with E-state index in [0.717, 1.165) is 24.4 Å². The summed E-state index contributed by atoms with van der Waals surface area (Å²) >= 11 is 1.81. The lowest BCUT2D eigenvalue weighted by Gasteiger charge is -2.16. The summed E-state index contributed by atoms with van der Waals surface area (Å²) in [5, 5.41) is 8.66. The van der Waals surface area contributed by atoms with Crippen LogP contribution in [0.25, 0.3) is 0 Å². The minimum absolute atomic E-state index is 0.00569. The summed E-state index contributed by atoms with van der Waals surface area (Å²) in [5.41, 5.74) is 1.46. The van der Waals surface area contributed by atoms with Crippen molar-refractivity contribution in [1.29, 1.82) is 0 Å². The molecule has 0 fully saturated rings. The lowest BCUT2D eigenvalue weighted by Crippen LogP contribution is -2.20. The van der Waals surface area contributed by atoms with E-state index in [-0.39, 0.29) is 12.4 Å². The molecule has 0 aromatic heterocycles. The largest absolute Gasteiger partial charge is 0.395 e. The maximum atomic E-state index is 13.6. The van der Waals surface area contributed by atoms with Gasteiger partial charge in [-0.25, -0.2) is 4.39 Å². The van der Waals surface area contributed by atoms with Crippen molar-refractivity contribution in [3.63, 3.8) is 0 Å². The van der Waals surface area contributed by atoms with Crippen molar-refractivity contribution in [2.24, 2.45) is 0 Å². The second kappa shape index (κ2) is 8.98. The molecular weight excluding hydrogens is 261 g/mol. The van der Waals surface area contributed by atoms with Gasteiger partial charge in [-0.05, 0) is 31.0 Å². The second-order valence-electron chi connectivity index (χ2n) is 4.32. The number of benzene rings is 1. The highest BCUT2D eigenvalue weighted by Gasteiger charge is 2.04. The van der Waals surface area contributed by atoms with Crippen LogP contribution in [0, 0.1) is 17.7 Å². The van der Waals surface area contributed by atoms with Gasteiger partial charge in [0.1, 0.15) is 5.82 Å². The number of hydrogen-bond acceptors (Lipinski definition) is 3. The first-order valence-electron chi connectivity index (χ1n) is 6.23. The van der Waals surface area contributed by atoms with Crippen LogP contribution in [-0.4, -0.2) is 42.2 Å². The summed E-state index contributed by atoms with van der Waals surface area (Å²) in [5.74, 6) is 6.29. The van der Waals surface area contributed by atoms with Crippen LogP contribution in [0.2, 0.25) is 0 Å². The van der Waals surface area contributed by atoms with Gasteiger partial charge in [0.2, 0.25) is 0 Å². The summed E-state index contributed by atoms with van der Waals surface area (Å²) in [6, 6.07) is 5.04. The highest BCUT2D eigenvalue weighted by molar-refractivity contribution is 7.98. The maximum absolute atomic E-state index is 13.6. The molecule has 1 aromatic rings. The van der Waals surface area contributed by atoms with Gasteiger partial charge < -0.3 is 10.0 Å². The number of hydrogen-bond donors (Lipinski definition) is 1. The van der Waals surface area contributed by atoms with Crippen LogP contribution in [-0.2, 0) is 6.54 Å². The zero-order valence-corrected chi connectivity index (χ0v) is 12.3. The molecule has 0 bridgehead atoms. The van der Waals surface area contributed by atoms with Crippen LogP contribution in [0.15, 0.2) is 18.2 Å². The molecule has 0 aliphatic heterocycles. The average molecular weight is 281 g/mol. The first kappa shape index (κ1) is 16.0. The Labute approximate surface area is 119 Å². The predicted molar refractivity (Wildman–Crippen MR) is 79.7 cm³/mol. The topological polar surface area (TPSA) is 23.5 Å². The number of aliphatic hydroxyl groups is 1. The minimum Gasteiger partial charge on any atom is -0.395 e. The third kappa shape index (κ3) is 6.11. The Bertz CT molecular complexity index is 453. The van der Waals surface area contributed by atoms with E-state index in [1.165, 1.54) is 6.07 Å². The molecule has 1 N–H and O–H groups in total. The van der Waals surface area contributed by atoms with Crippen LogP contribution >= 0.6 is 11.8 Å². The van der Waals surface area contributed by atoms with Gasteiger partial charge in [0.25, 0.3) is 0 Å². The molecule has 0 unspecified atom stereocenters. The van der Waals surface area contributed by atoms with E-state index >= 15 is 0 Å².